The molecule has 0 aliphatic heterocycles. The van der Waals surface area contributed by atoms with Gasteiger partial charge in [0.25, 0.3) is 5.70 Å². The molecule has 0 spiro atoms. The molecular formula is C55H60N4O5. The third kappa shape index (κ3) is 8.16. The van der Waals surface area contributed by atoms with Crippen molar-refractivity contribution < 1.29 is 30.1 Å². The molecule has 7 rings (SSSR count). The number of anilines is 1. The molecule has 0 atom stereocenters. The Balaban J connectivity index is 1.62. The van der Waals surface area contributed by atoms with E-state index >= 15 is 5.11 Å². The Bertz CT molecular complexity index is 2660. The van der Waals surface area contributed by atoms with Gasteiger partial charge in [0.1, 0.15) is 36.1 Å². The Morgan fingerprint density at radius 2 is 1.06 bits per heavy atom. The molecule has 0 bridgehead atoms. The molecule has 0 saturated heterocycles. The minimum Gasteiger partial charge on any atom is -0.872 e. The number of aromatic hydroxyl groups is 4. The van der Waals surface area contributed by atoms with Crippen LogP contribution in [-0.4, -0.2) is 56.9 Å². The molecule has 0 saturated carbocycles. The summed E-state index contributed by atoms with van der Waals surface area (Å²) in [7, 11) is 0. The van der Waals surface area contributed by atoms with Gasteiger partial charge in [0.15, 0.2) is 0 Å². The SMILES string of the molecule is [C-]#[N+]/C(C#N)=C1\C(=C2c3c(O)cccc3C(=[N+](CCCCC)CCCCC)c3cccc(O)c32)C([O-])=C1c1c2c(O)cccc2c(N(CCCCC)CCCCC)c2cccc(O)c12. The summed E-state index contributed by atoms with van der Waals surface area (Å²) in [5.41, 5.74) is 3.83. The van der Waals surface area contributed by atoms with Gasteiger partial charge in [0.05, 0.1) is 29.5 Å². The van der Waals surface area contributed by atoms with E-state index in [0.717, 1.165) is 115 Å². The second kappa shape index (κ2) is 20.2. The first kappa shape index (κ1) is 45.3. The number of nitrogens with zero attached hydrogens (tertiary/aromatic N) is 4. The summed E-state index contributed by atoms with van der Waals surface area (Å²) < 4.78 is 2.33. The molecule has 9 heteroatoms. The van der Waals surface area contributed by atoms with Crippen molar-refractivity contribution in [3.63, 3.8) is 0 Å². The average molecular weight is 857 g/mol. The summed E-state index contributed by atoms with van der Waals surface area (Å²) in [6, 6.07) is 23.1. The lowest BCUT2D eigenvalue weighted by molar-refractivity contribution is -0.528. The highest BCUT2D eigenvalue weighted by molar-refractivity contribution is 6.27. The molecule has 330 valence electrons. The Kier molecular flexibility index (Phi) is 14.3. The van der Waals surface area contributed by atoms with Crippen LogP contribution in [0.4, 0.5) is 5.69 Å². The fraction of sp³-hybridized carbons (Fsp3) is 0.364. The molecule has 2 aliphatic rings. The molecule has 9 nitrogen and oxygen atoms in total. The number of unbranched alkanes of at least 4 members (excludes halogenated alkanes) is 8. The zero-order valence-corrected chi connectivity index (χ0v) is 37.7. The van der Waals surface area contributed by atoms with E-state index in [2.05, 4.69) is 48.1 Å². The Morgan fingerprint density at radius 1 is 0.609 bits per heavy atom. The standard InChI is InChI=1S/C55H60N4O5/c1-6-10-14-30-58(31-15-11-7-2)53-35-22-18-26-40(60)44(35)49(45-36(53)23-19-27-41(45)61)51-48(39(34-56)57-5)52(55(51)64)50-46-37(24-20-28-42(46)62)54(38-25-21-29-43(63)47(38)50)59(32-16-12-8-3)33-17-13-9-4/h18-29H,6-17,30-33H2,1-4H3,(H4-,60,61,62,63,64). The van der Waals surface area contributed by atoms with Crippen LogP contribution in [0.1, 0.15) is 133 Å². The van der Waals surface area contributed by atoms with Crippen molar-refractivity contribution in [2.75, 3.05) is 31.1 Å². The topological polar surface area (TPSA) is 138 Å². The summed E-state index contributed by atoms with van der Waals surface area (Å²) in [4.78, 5) is 6.02. The van der Waals surface area contributed by atoms with Crippen LogP contribution in [0.25, 0.3) is 37.5 Å². The third-order valence-electron chi connectivity index (χ3n) is 12.9. The number of hydrogen-bond acceptors (Lipinski definition) is 7. The second-order valence-corrected chi connectivity index (χ2v) is 17.1. The quantitative estimate of drug-likeness (QED) is 0.0222. The zero-order valence-electron chi connectivity index (χ0n) is 37.7. The van der Waals surface area contributed by atoms with Gasteiger partial charge in [-0.3, -0.25) is 0 Å². The molecule has 0 unspecified atom stereocenters. The van der Waals surface area contributed by atoms with Crippen molar-refractivity contribution in [1.82, 2.24) is 0 Å². The molecule has 4 N–H and O–H groups in total. The van der Waals surface area contributed by atoms with E-state index in [-0.39, 0.29) is 56.6 Å². The average Bonchev–Trinajstić information content (AvgIpc) is 3.28. The van der Waals surface area contributed by atoms with Gasteiger partial charge in [-0.15, -0.1) is 0 Å². The summed E-state index contributed by atoms with van der Waals surface area (Å²) in [6.45, 7) is 20.0. The molecule has 0 fully saturated rings. The van der Waals surface area contributed by atoms with Crippen LogP contribution in [0.15, 0.2) is 95.4 Å². The van der Waals surface area contributed by atoms with Gasteiger partial charge in [-0.1, -0.05) is 108 Å². The van der Waals surface area contributed by atoms with Gasteiger partial charge in [0.2, 0.25) is 5.71 Å². The predicted octanol–water partition coefficient (Wildman–Crippen LogP) is 11.8. The van der Waals surface area contributed by atoms with Crippen molar-refractivity contribution in [2.24, 2.45) is 0 Å². The number of benzene rings is 5. The van der Waals surface area contributed by atoms with E-state index in [0.29, 0.717) is 43.8 Å². The first-order chi connectivity index (χ1) is 31.2. The van der Waals surface area contributed by atoms with E-state index in [1.807, 2.05) is 24.3 Å². The largest absolute Gasteiger partial charge is 0.872 e. The molecule has 64 heavy (non-hydrogen) atoms. The fourth-order valence-corrected chi connectivity index (χ4v) is 9.87. The molecule has 0 heterocycles. The molecular weight excluding hydrogens is 797 g/mol. The number of rotatable bonds is 18. The molecule has 0 aromatic heterocycles. The smallest absolute Gasteiger partial charge is 0.270 e. The Morgan fingerprint density at radius 3 is 1.52 bits per heavy atom. The van der Waals surface area contributed by atoms with E-state index in [1.165, 1.54) is 0 Å². The van der Waals surface area contributed by atoms with Gasteiger partial charge in [-0.2, -0.15) is 0 Å². The Labute approximate surface area is 377 Å². The van der Waals surface area contributed by atoms with Crippen LogP contribution < -0.4 is 10.0 Å². The molecule has 0 radical (unpaired) electrons. The van der Waals surface area contributed by atoms with Crippen LogP contribution in [0.5, 0.6) is 23.0 Å². The summed E-state index contributed by atoms with van der Waals surface area (Å²) in [6.07, 6.45) is 12.1. The highest BCUT2D eigenvalue weighted by Gasteiger charge is 2.42. The molecule has 0 amide bonds. The maximum Gasteiger partial charge on any atom is 0.270 e. The van der Waals surface area contributed by atoms with E-state index in [9.17, 15) is 25.7 Å². The highest BCUT2D eigenvalue weighted by atomic mass is 16.3. The van der Waals surface area contributed by atoms with Gasteiger partial charge in [-0.25, -0.2) is 14.7 Å². The predicted molar refractivity (Wildman–Crippen MR) is 257 cm³/mol. The van der Waals surface area contributed by atoms with Crippen LogP contribution in [0.3, 0.4) is 0 Å². The van der Waals surface area contributed by atoms with Crippen molar-refractivity contribution in [1.29, 1.82) is 5.26 Å². The number of phenolic OH excluding ortho intramolecular Hbond substituents is 4. The Hall–Kier alpha value is -6.71. The first-order valence-electron chi connectivity index (χ1n) is 23.3. The minimum atomic E-state index is -0.541. The lowest BCUT2D eigenvalue weighted by Crippen LogP contribution is -2.31. The van der Waals surface area contributed by atoms with Gasteiger partial charge in [-0.05, 0) is 73.2 Å². The van der Waals surface area contributed by atoms with E-state index in [4.69, 9.17) is 6.57 Å². The highest BCUT2D eigenvalue weighted by Crippen LogP contribution is 2.58. The number of allylic oxidation sites excluding steroid dienone is 3. The maximum atomic E-state index is 15.6. The van der Waals surface area contributed by atoms with Gasteiger partial charge >= 0.3 is 0 Å². The summed E-state index contributed by atoms with van der Waals surface area (Å²) in [5, 5.41) is 76.2. The van der Waals surface area contributed by atoms with Crippen molar-refractivity contribution in [3.05, 3.63) is 135 Å². The van der Waals surface area contributed by atoms with Crippen LogP contribution >= 0.6 is 0 Å². The van der Waals surface area contributed by atoms with Crippen LogP contribution in [0, 0.1) is 17.9 Å². The second-order valence-electron chi connectivity index (χ2n) is 17.1. The minimum absolute atomic E-state index is 0.00703. The molecule has 5 aromatic rings. The number of fused-ring (bicyclic) bond motifs is 4. The fourth-order valence-electron chi connectivity index (χ4n) is 9.87. The van der Waals surface area contributed by atoms with Crippen molar-refractivity contribution in [3.8, 4) is 29.1 Å². The third-order valence-corrected chi connectivity index (χ3v) is 12.9. The normalized spacial score (nSPS) is 14.0. The number of hydrogen-bond donors (Lipinski definition) is 4. The van der Waals surface area contributed by atoms with Crippen molar-refractivity contribution >= 4 is 44.1 Å². The first-order valence-corrected chi connectivity index (χ1v) is 23.3. The van der Waals surface area contributed by atoms with E-state index < -0.39 is 5.76 Å². The molecule has 2 aliphatic carbocycles. The number of phenols is 4. The maximum absolute atomic E-state index is 15.6. The van der Waals surface area contributed by atoms with E-state index in [1.54, 1.807) is 48.5 Å². The van der Waals surface area contributed by atoms with Crippen LogP contribution in [-0.2, 0) is 0 Å². The van der Waals surface area contributed by atoms with Gasteiger partial charge in [0, 0.05) is 75.3 Å². The molecule has 5 aromatic carbocycles. The number of nitriles is 1. The lowest BCUT2D eigenvalue weighted by Gasteiger charge is -2.41. The summed E-state index contributed by atoms with van der Waals surface area (Å²) >= 11 is 0. The van der Waals surface area contributed by atoms with Crippen LogP contribution in [0.2, 0.25) is 0 Å². The zero-order chi connectivity index (χ0) is 45.5. The van der Waals surface area contributed by atoms with Crippen molar-refractivity contribution in [2.45, 2.75) is 105 Å². The van der Waals surface area contributed by atoms with Gasteiger partial charge < -0.3 is 30.4 Å². The lowest BCUT2D eigenvalue weighted by atomic mass is 9.68. The monoisotopic (exact) mass is 856 g/mol. The summed E-state index contributed by atoms with van der Waals surface area (Å²) in [5.74, 6) is -0.996.